The molecule has 182 valence electrons. The van der Waals surface area contributed by atoms with Gasteiger partial charge in [-0.1, -0.05) is 114 Å². The predicted octanol–water partition coefficient (Wildman–Crippen LogP) is 5.73. The third-order valence-corrected chi connectivity index (χ3v) is 5.98. The molecule has 0 aliphatic rings. The van der Waals surface area contributed by atoms with Crippen LogP contribution < -0.4 is 5.32 Å². The van der Waals surface area contributed by atoms with E-state index in [-0.39, 0.29) is 5.91 Å². The Balaban J connectivity index is 2.17. The van der Waals surface area contributed by atoms with E-state index >= 15 is 0 Å². The summed E-state index contributed by atoms with van der Waals surface area (Å²) < 4.78 is 4.65. The Hall–Kier alpha value is -1.88. The third kappa shape index (κ3) is 13.5. The molecular weight excluding hydrogens is 402 g/mol. The first-order valence-corrected chi connectivity index (χ1v) is 12.7. The number of aliphatic hydroxyl groups is 1. The SMILES string of the molecule is CCCCCCCCCCCCCCCC(=O)N[C@@H](Cc1ccccc1)[C@H](O)C(=O)OC. The van der Waals surface area contributed by atoms with Crippen molar-refractivity contribution in [1.82, 2.24) is 5.32 Å². The molecule has 0 unspecified atom stereocenters. The van der Waals surface area contributed by atoms with Crippen molar-refractivity contribution < 1.29 is 19.4 Å². The Morgan fingerprint density at radius 1 is 0.844 bits per heavy atom. The summed E-state index contributed by atoms with van der Waals surface area (Å²) in [5.41, 5.74) is 0.946. The fraction of sp³-hybridized carbons (Fsp3) is 0.704. The molecule has 1 aromatic carbocycles. The number of hydrogen-bond acceptors (Lipinski definition) is 4. The van der Waals surface area contributed by atoms with E-state index in [2.05, 4.69) is 17.0 Å². The van der Waals surface area contributed by atoms with Gasteiger partial charge in [0, 0.05) is 6.42 Å². The second kappa shape index (κ2) is 18.7. The zero-order chi connectivity index (χ0) is 23.4. The summed E-state index contributed by atoms with van der Waals surface area (Å²) >= 11 is 0. The molecule has 2 N–H and O–H groups in total. The molecule has 32 heavy (non-hydrogen) atoms. The minimum absolute atomic E-state index is 0.128. The van der Waals surface area contributed by atoms with Crippen molar-refractivity contribution >= 4 is 11.9 Å². The van der Waals surface area contributed by atoms with Gasteiger partial charge in [0.05, 0.1) is 13.2 Å². The van der Waals surface area contributed by atoms with Crippen LogP contribution in [0, 0.1) is 0 Å². The van der Waals surface area contributed by atoms with E-state index in [0.717, 1.165) is 24.8 Å². The molecule has 0 aromatic heterocycles. The van der Waals surface area contributed by atoms with Crippen LogP contribution in [-0.4, -0.2) is 36.2 Å². The van der Waals surface area contributed by atoms with Gasteiger partial charge in [-0.15, -0.1) is 0 Å². The summed E-state index contributed by atoms with van der Waals surface area (Å²) in [5.74, 6) is -0.857. The number of amides is 1. The highest BCUT2D eigenvalue weighted by Gasteiger charge is 2.28. The molecule has 2 atom stereocenters. The van der Waals surface area contributed by atoms with Crippen molar-refractivity contribution in [3.8, 4) is 0 Å². The first-order valence-electron chi connectivity index (χ1n) is 12.7. The van der Waals surface area contributed by atoms with Crippen LogP contribution in [0.25, 0.3) is 0 Å². The number of rotatable bonds is 19. The minimum Gasteiger partial charge on any atom is -0.467 e. The first-order chi connectivity index (χ1) is 15.6. The molecule has 0 fully saturated rings. The van der Waals surface area contributed by atoms with E-state index in [9.17, 15) is 14.7 Å². The number of esters is 1. The quantitative estimate of drug-likeness (QED) is 0.210. The van der Waals surface area contributed by atoms with E-state index in [1.807, 2.05) is 30.3 Å². The molecule has 0 saturated carbocycles. The maximum Gasteiger partial charge on any atom is 0.336 e. The summed E-state index contributed by atoms with van der Waals surface area (Å²) in [6, 6.07) is 8.83. The largest absolute Gasteiger partial charge is 0.467 e. The van der Waals surface area contributed by atoms with Crippen LogP contribution in [0.4, 0.5) is 0 Å². The second-order valence-electron chi connectivity index (χ2n) is 8.82. The van der Waals surface area contributed by atoms with Gasteiger partial charge in [-0.05, 0) is 18.4 Å². The number of nitrogens with one attached hydrogen (secondary N) is 1. The minimum atomic E-state index is -1.38. The van der Waals surface area contributed by atoms with Crippen LogP contribution in [0.1, 0.15) is 102 Å². The lowest BCUT2D eigenvalue weighted by Gasteiger charge is -2.22. The van der Waals surface area contributed by atoms with Gasteiger partial charge in [0.2, 0.25) is 5.91 Å². The summed E-state index contributed by atoms with van der Waals surface area (Å²) in [6.07, 6.45) is 15.8. The first kappa shape index (κ1) is 28.2. The van der Waals surface area contributed by atoms with Crippen LogP contribution in [0.15, 0.2) is 30.3 Å². The molecule has 1 amide bonds. The van der Waals surface area contributed by atoms with E-state index in [0.29, 0.717) is 12.8 Å². The third-order valence-electron chi connectivity index (χ3n) is 5.98. The Bertz CT molecular complexity index is 605. The molecule has 1 rings (SSSR count). The fourth-order valence-corrected chi connectivity index (χ4v) is 3.98. The lowest BCUT2D eigenvalue weighted by molar-refractivity contribution is -0.152. The molecular formula is C27H45NO4. The van der Waals surface area contributed by atoms with Crippen LogP contribution in [-0.2, 0) is 20.7 Å². The van der Waals surface area contributed by atoms with Crippen molar-refractivity contribution in [3.05, 3.63) is 35.9 Å². The van der Waals surface area contributed by atoms with Crippen LogP contribution in [0.2, 0.25) is 0 Å². The maximum atomic E-state index is 12.4. The monoisotopic (exact) mass is 447 g/mol. The predicted molar refractivity (Wildman–Crippen MR) is 130 cm³/mol. The Kier molecular flexibility index (Phi) is 16.4. The molecule has 1 aromatic rings. The Labute approximate surface area is 195 Å². The van der Waals surface area contributed by atoms with Crippen molar-refractivity contribution in [2.24, 2.45) is 0 Å². The summed E-state index contributed by atoms with van der Waals surface area (Å²) in [6.45, 7) is 2.25. The van der Waals surface area contributed by atoms with Gasteiger partial charge in [-0.2, -0.15) is 0 Å². The molecule has 0 saturated heterocycles. The lowest BCUT2D eigenvalue weighted by atomic mass is 10.0. The number of methoxy groups -OCH3 is 1. The van der Waals surface area contributed by atoms with Gasteiger partial charge in [-0.3, -0.25) is 4.79 Å². The number of carbonyl (C=O) groups is 2. The van der Waals surface area contributed by atoms with Gasteiger partial charge in [0.25, 0.3) is 0 Å². The molecule has 0 spiro atoms. The Morgan fingerprint density at radius 2 is 1.34 bits per heavy atom. The highest BCUT2D eigenvalue weighted by molar-refractivity contribution is 5.79. The summed E-state index contributed by atoms with van der Waals surface area (Å²) in [7, 11) is 1.24. The van der Waals surface area contributed by atoms with Gasteiger partial charge in [-0.25, -0.2) is 4.79 Å². The number of aliphatic hydroxyl groups excluding tert-OH is 1. The van der Waals surface area contributed by atoms with Crippen molar-refractivity contribution in [1.29, 1.82) is 0 Å². The molecule has 0 aliphatic carbocycles. The average Bonchev–Trinajstić information content (AvgIpc) is 2.81. The topological polar surface area (TPSA) is 75.6 Å². The normalized spacial score (nSPS) is 12.8. The van der Waals surface area contributed by atoms with Crippen LogP contribution >= 0.6 is 0 Å². The molecule has 0 aliphatic heterocycles. The van der Waals surface area contributed by atoms with Gasteiger partial charge in [0.1, 0.15) is 0 Å². The summed E-state index contributed by atoms with van der Waals surface area (Å²) in [5, 5.41) is 13.1. The van der Waals surface area contributed by atoms with Crippen molar-refractivity contribution in [2.45, 2.75) is 115 Å². The number of ether oxygens (including phenoxy) is 1. The highest BCUT2D eigenvalue weighted by Crippen LogP contribution is 2.13. The van der Waals surface area contributed by atoms with Crippen molar-refractivity contribution in [3.63, 3.8) is 0 Å². The standard InChI is InChI=1S/C27H45NO4/c1-3-4-5-6-7-8-9-10-11-12-13-14-18-21-25(29)28-24(26(30)27(31)32-2)22-23-19-16-15-17-20-23/h15-17,19-20,24,26,30H,3-14,18,21-22H2,1-2H3,(H,28,29)/t24-,26-/m0/s1. The van der Waals surface area contributed by atoms with E-state index in [1.165, 1.54) is 71.3 Å². The highest BCUT2D eigenvalue weighted by atomic mass is 16.5. The molecule has 5 nitrogen and oxygen atoms in total. The van der Waals surface area contributed by atoms with E-state index in [4.69, 9.17) is 0 Å². The fourth-order valence-electron chi connectivity index (χ4n) is 3.98. The molecule has 5 heteroatoms. The van der Waals surface area contributed by atoms with Crippen LogP contribution in [0.5, 0.6) is 0 Å². The number of hydrogen-bond donors (Lipinski definition) is 2. The molecule has 0 heterocycles. The molecule has 0 radical (unpaired) electrons. The van der Waals surface area contributed by atoms with E-state index < -0.39 is 18.1 Å². The average molecular weight is 448 g/mol. The lowest BCUT2D eigenvalue weighted by Crippen LogP contribution is -2.48. The van der Waals surface area contributed by atoms with Crippen LogP contribution in [0.3, 0.4) is 0 Å². The smallest absolute Gasteiger partial charge is 0.336 e. The maximum absolute atomic E-state index is 12.4. The summed E-state index contributed by atoms with van der Waals surface area (Å²) in [4.78, 5) is 24.2. The van der Waals surface area contributed by atoms with Gasteiger partial charge >= 0.3 is 5.97 Å². The van der Waals surface area contributed by atoms with Crippen molar-refractivity contribution in [2.75, 3.05) is 7.11 Å². The Morgan fingerprint density at radius 3 is 1.84 bits per heavy atom. The second-order valence-corrected chi connectivity index (χ2v) is 8.82. The van der Waals surface area contributed by atoms with Gasteiger partial charge < -0.3 is 15.2 Å². The molecule has 0 bridgehead atoms. The zero-order valence-electron chi connectivity index (χ0n) is 20.3. The van der Waals surface area contributed by atoms with E-state index in [1.54, 1.807) is 0 Å². The van der Waals surface area contributed by atoms with Gasteiger partial charge in [0.15, 0.2) is 6.10 Å². The number of benzene rings is 1. The number of unbranched alkanes of at least 4 members (excludes halogenated alkanes) is 12. The zero-order valence-corrected chi connectivity index (χ0v) is 20.3. The number of carbonyl (C=O) groups excluding carboxylic acids is 2.